The number of amides is 1. The SMILES string of the molecule is N#CCc1ccc(NC(=O)/C=C/c2cccc(F)c2)cc1. The first-order chi connectivity index (χ1) is 10.2. The zero-order valence-electron chi connectivity index (χ0n) is 11.2. The Hall–Kier alpha value is -2.93. The Morgan fingerprint density at radius 2 is 2.00 bits per heavy atom. The van der Waals surface area contributed by atoms with Gasteiger partial charge in [0.2, 0.25) is 5.91 Å². The van der Waals surface area contributed by atoms with Crippen molar-refractivity contribution in [2.24, 2.45) is 0 Å². The van der Waals surface area contributed by atoms with E-state index in [0.29, 0.717) is 17.7 Å². The van der Waals surface area contributed by atoms with Crippen molar-refractivity contribution in [2.75, 3.05) is 5.32 Å². The van der Waals surface area contributed by atoms with E-state index in [2.05, 4.69) is 11.4 Å². The number of hydrogen-bond donors (Lipinski definition) is 1. The van der Waals surface area contributed by atoms with Crippen LogP contribution in [0.3, 0.4) is 0 Å². The number of halogens is 1. The molecule has 4 heteroatoms. The molecule has 1 N–H and O–H groups in total. The van der Waals surface area contributed by atoms with E-state index in [1.807, 2.05) is 0 Å². The average molecular weight is 280 g/mol. The predicted octanol–water partition coefficient (Wildman–Crippen LogP) is 3.54. The lowest BCUT2D eigenvalue weighted by Gasteiger charge is -2.02. The Labute approximate surface area is 122 Å². The Balaban J connectivity index is 1.97. The van der Waals surface area contributed by atoms with Crippen molar-refractivity contribution in [3.63, 3.8) is 0 Å². The number of rotatable bonds is 4. The lowest BCUT2D eigenvalue weighted by molar-refractivity contribution is -0.111. The molecular weight excluding hydrogens is 267 g/mol. The number of hydrogen-bond acceptors (Lipinski definition) is 2. The molecule has 0 fully saturated rings. The number of carbonyl (C=O) groups excluding carboxylic acids is 1. The Bertz CT molecular complexity index is 699. The van der Waals surface area contributed by atoms with Crippen LogP contribution in [0.25, 0.3) is 6.08 Å². The van der Waals surface area contributed by atoms with E-state index in [4.69, 9.17) is 5.26 Å². The molecule has 0 aliphatic heterocycles. The molecule has 2 rings (SSSR count). The van der Waals surface area contributed by atoms with E-state index >= 15 is 0 Å². The lowest BCUT2D eigenvalue weighted by Crippen LogP contribution is -2.07. The summed E-state index contributed by atoms with van der Waals surface area (Å²) in [5.41, 5.74) is 2.16. The topological polar surface area (TPSA) is 52.9 Å². The normalized spacial score (nSPS) is 10.3. The van der Waals surface area contributed by atoms with Gasteiger partial charge in [0.1, 0.15) is 5.82 Å². The minimum atomic E-state index is -0.342. The fourth-order valence-electron chi connectivity index (χ4n) is 1.76. The van der Waals surface area contributed by atoms with Gasteiger partial charge in [-0.05, 0) is 41.5 Å². The standard InChI is InChI=1S/C17H13FN2O/c18-15-3-1-2-14(12-15)6-9-17(21)20-16-7-4-13(5-8-16)10-11-19/h1-9,12H,10H2,(H,20,21)/b9-6+. The summed E-state index contributed by atoms with van der Waals surface area (Å²) < 4.78 is 13.0. The van der Waals surface area contributed by atoms with Crippen molar-refractivity contribution in [3.05, 3.63) is 71.6 Å². The summed E-state index contributed by atoms with van der Waals surface area (Å²) in [6.07, 6.45) is 3.23. The molecule has 0 saturated carbocycles. The lowest BCUT2D eigenvalue weighted by atomic mass is 10.1. The molecular formula is C17H13FN2O. The van der Waals surface area contributed by atoms with Gasteiger partial charge in [-0.15, -0.1) is 0 Å². The molecule has 3 nitrogen and oxygen atoms in total. The monoisotopic (exact) mass is 280 g/mol. The molecule has 0 unspecified atom stereocenters. The number of nitrogens with zero attached hydrogens (tertiary/aromatic N) is 1. The summed E-state index contributed by atoms with van der Waals surface area (Å²) in [4.78, 5) is 11.7. The highest BCUT2D eigenvalue weighted by molar-refractivity contribution is 6.01. The minimum Gasteiger partial charge on any atom is -0.323 e. The van der Waals surface area contributed by atoms with Crippen molar-refractivity contribution in [1.82, 2.24) is 0 Å². The maximum absolute atomic E-state index is 13.0. The second kappa shape index (κ2) is 7.01. The molecule has 0 spiro atoms. The Morgan fingerprint density at radius 1 is 1.24 bits per heavy atom. The molecule has 0 aliphatic rings. The van der Waals surface area contributed by atoms with Crippen LogP contribution in [0.1, 0.15) is 11.1 Å². The van der Waals surface area contributed by atoms with Gasteiger partial charge < -0.3 is 5.32 Å². The zero-order valence-corrected chi connectivity index (χ0v) is 11.2. The van der Waals surface area contributed by atoms with Crippen molar-refractivity contribution >= 4 is 17.7 Å². The van der Waals surface area contributed by atoms with Gasteiger partial charge in [-0.3, -0.25) is 4.79 Å². The summed E-state index contributed by atoms with van der Waals surface area (Å²) >= 11 is 0. The second-order valence-corrected chi connectivity index (χ2v) is 4.41. The van der Waals surface area contributed by atoms with E-state index in [0.717, 1.165) is 5.56 Å². The first-order valence-electron chi connectivity index (χ1n) is 6.38. The summed E-state index contributed by atoms with van der Waals surface area (Å²) in [7, 11) is 0. The third-order valence-corrected chi connectivity index (χ3v) is 2.78. The number of carbonyl (C=O) groups is 1. The highest BCUT2D eigenvalue weighted by Gasteiger charge is 1.99. The summed E-state index contributed by atoms with van der Waals surface area (Å²) in [6, 6.07) is 15.1. The van der Waals surface area contributed by atoms with Crippen LogP contribution in [0.2, 0.25) is 0 Å². The molecule has 2 aromatic carbocycles. The summed E-state index contributed by atoms with van der Waals surface area (Å²) in [5, 5.41) is 11.3. The van der Waals surface area contributed by atoms with Gasteiger partial charge in [0.25, 0.3) is 0 Å². The van der Waals surface area contributed by atoms with Crippen molar-refractivity contribution in [3.8, 4) is 6.07 Å². The van der Waals surface area contributed by atoms with Crippen LogP contribution in [-0.4, -0.2) is 5.91 Å². The van der Waals surface area contributed by atoms with E-state index in [9.17, 15) is 9.18 Å². The Morgan fingerprint density at radius 3 is 2.67 bits per heavy atom. The van der Waals surface area contributed by atoms with Crippen molar-refractivity contribution < 1.29 is 9.18 Å². The fraction of sp³-hybridized carbons (Fsp3) is 0.0588. The molecule has 104 valence electrons. The first-order valence-corrected chi connectivity index (χ1v) is 6.38. The van der Waals surface area contributed by atoms with Crippen LogP contribution in [0.4, 0.5) is 10.1 Å². The van der Waals surface area contributed by atoms with Crippen LogP contribution < -0.4 is 5.32 Å². The van der Waals surface area contributed by atoms with E-state index in [-0.39, 0.29) is 11.7 Å². The Kier molecular flexibility index (Phi) is 4.84. The van der Waals surface area contributed by atoms with Crippen LogP contribution >= 0.6 is 0 Å². The van der Waals surface area contributed by atoms with Gasteiger partial charge in [0.05, 0.1) is 12.5 Å². The number of nitrogens with one attached hydrogen (secondary N) is 1. The molecule has 0 atom stereocenters. The number of anilines is 1. The molecule has 0 bridgehead atoms. The molecule has 0 radical (unpaired) electrons. The maximum atomic E-state index is 13.0. The largest absolute Gasteiger partial charge is 0.323 e. The highest BCUT2D eigenvalue weighted by atomic mass is 19.1. The van der Waals surface area contributed by atoms with E-state index < -0.39 is 0 Å². The van der Waals surface area contributed by atoms with Gasteiger partial charge in [-0.25, -0.2) is 4.39 Å². The van der Waals surface area contributed by atoms with E-state index in [1.165, 1.54) is 18.2 Å². The molecule has 0 aliphatic carbocycles. The number of nitriles is 1. The fourth-order valence-corrected chi connectivity index (χ4v) is 1.76. The van der Waals surface area contributed by atoms with Crippen molar-refractivity contribution in [1.29, 1.82) is 5.26 Å². The molecule has 21 heavy (non-hydrogen) atoms. The molecule has 0 saturated heterocycles. The summed E-state index contributed by atoms with van der Waals surface area (Å²) in [6.45, 7) is 0. The van der Waals surface area contributed by atoms with Gasteiger partial charge in [0.15, 0.2) is 0 Å². The van der Waals surface area contributed by atoms with Crippen molar-refractivity contribution in [2.45, 2.75) is 6.42 Å². The average Bonchev–Trinajstić information content (AvgIpc) is 2.48. The number of benzene rings is 2. The third-order valence-electron chi connectivity index (χ3n) is 2.78. The molecule has 2 aromatic rings. The smallest absolute Gasteiger partial charge is 0.248 e. The molecule has 0 aromatic heterocycles. The second-order valence-electron chi connectivity index (χ2n) is 4.41. The van der Waals surface area contributed by atoms with E-state index in [1.54, 1.807) is 42.5 Å². The maximum Gasteiger partial charge on any atom is 0.248 e. The van der Waals surface area contributed by atoms with Crippen LogP contribution in [0, 0.1) is 17.1 Å². The minimum absolute atomic E-state index is 0.299. The van der Waals surface area contributed by atoms with Gasteiger partial charge >= 0.3 is 0 Å². The third kappa shape index (κ3) is 4.59. The van der Waals surface area contributed by atoms with Crippen LogP contribution in [0.15, 0.2) is 54.6 Å². The molecule has 1 amide bonds. The predicted molar refractivity (Wildman–Crippen MR) is 79.8 cm³/mol. The highest BCUT2D eigenvalue weighted by Crippen LogP contribution is 2.10. The molecule has 0 heterocycles. The summed E-state index contributed by atoms with van der Waals surface area (Å²) in [5.74, 6) is -0.641. The first kappa shape index (κ1) is 14.5. The van der Waals surface area contributed by atoms with Gasteiger partial charge in [0, 0.05) is 11.8 Å². The van der Waals surface area contributed by atoms with Crippen LogP contribution in [-0.2, 0) is 11.2 Å². The van der Waals surface area contributed by atoms with Gasteiger partial charge in [-0.2, -0.15) is 5.26 Å². The quantitative estimate of drug-likeness (QED) is 0.871. The van der Waals surface area contributed by atoms with Crippen LogP contribution in [0.5, 0.6) is 0 Å². The zero-order chi connectivity index (χ0) is 15.1. The van der Waals surface area contributed by atoms with Gasteiger partial charge in [-0.1, -0.05) is 24.3 Å².